The molecule has 3 rings (SSSR count). The molecule has 21 heavy (non-hydrogen) atoms. The van der Waals surface area contributed by atoms with Crippen molar-refractivity contribution in [3.05, 3.63) is 29.3 Å². The number of amides is 4. The molecule has 0 aromatic heterocycles. The molecule has 1 saturated heterocycles. The molecule has 1 aliphatic carbocycles. The van der Waals surface area contributed by atoms with Crippen LogP contribution in [-0.4, -0.2) is 17.8 Å². The molecule has 0 atom stereocenters. The third-order valence-electron chi connectivity index (χ3n) is 4.24. The molecule has 1 aromatic carbocycles. The van der Waals surface area contributed by atoms with Gasteiger partial charge in [-0.1, -0.05) is 36.9 Å². The SMILES string of the molecule is O=C1NC(=O)C2(CCCCC2)C(=O)N1c1cccc(Cl)c1. The fourth-order valence-corrected chi connectivity index (χ4v) is 3.31. The maximum absolute atomic E-state index is 12.8. The Kier molecular flexibility index (Phi) is 3.45. The summed E-state index contributed by atoms with van der Waals surface area (Å²) < 4.78 is 0. The molecule has 5 nitrogen and oxygen atoms in total. The van der Waals surface area contributed by atoms with Crippen molar-refractivity contribution in [2.75, 3.05) is 4.90 Å². The zero-order valence-corrected chi connectivity index (χ0v) is 12.2. The van der Waals surface area contributed by atoms with E-state index in [1.807, 2.05) is 0 Å². The maximum Gasteiger partial charge on any atom is 0.335 e. The van der Waals surface area contributed by atoms with E-state index in [2.05, 4.69) is 5.32 Å². The van der Waals surface area contributed by atoms with Gasteiger partial charge in [0.25, 0.3) is 5.91 Å². The molecular formula is C15H15ClN2O3. The average Bonchev–Trinajstić information content (AvgIpc) is 2.47. The van der Waals surface area contributed by atoms with E-state index in [4.69, 9.17) is 11.6 Å². The minimum atomic E-state index is -1.10. The van der Waals surface area contributed by atoms with Crippen LogP contribution in [0.15, 0.2) is 24.3 Å². The molecule has 0 radical (unpaired) electrons. The van der Waals surface area contributed by atoms with E-state index in [-0.39, 0.29) is 0 Å². The van der Waals surface area contributed by atoms with Crippen molar-refractivity contribution >= 4 is 35.1 Å². The van der Waals surface area contributed by atoms with Crippen molar-refractivity contribution in [1.82, 2.24) is 5.32 Å². The molecular weight excluding hydrogens is 292 g/mol. The number of halogens is 1. The van der Waals surface area contributed by atoms with E-state index >= 15 is 0 Å². The number of hydrogen-bond donors (Lipinski definition) is 1. The van der Waals surface area contributed by atoms with Gasteiger partial charge in [-0.05, 0) is 31.0 Å². The first-order chi connectivity index (χ1) is 10.0. The van der Waals surface area contributed by atoms with Crippen molar-refractivity contribution in [1.29, 1.82) is 0 Å². The lowest BCUT2D eigenvalue weighted by Crippen LogP contribution is -2.64. The van der Waals surface area contributed by atoms with Crippen molar-refractivity contribution < 1.29 is 14.4 Å². The normalized spacial score (nSPS) is 21.6. The Morgan fingerprint density at radius 2 is 1.81 bits per heavy atom. The number of hydrogen-bond acceptors (Lipinski definition) is 3. The first-order valence-electron chi connectivity index (χ1n) is 7.00. The molecule has 1 spiro atoms. The van der Waals surface area contributed by atoms with Crippen molar-refractivity contribution in [3.63, 3.8) is 0 Å². The number of barbiturate groups is 1. The molecule has 110 valence electrons. The summed E-state index contributed by atoms with van der Waals surface area (Å²) in [6.07, 6.45) is 3.62. The van der Waals surface area contributed by atoms with Gasteiger partial charge in [0.1, 0.15) is 5.41 Å². The predicted molar refractivity (Wildman–Crippen MR) is 78.0 cm³/mol. The fraction of sp³-hybridized carbons (Fsp3) is 0.400. The number of anilines is 1. The topological polar surface area (TPSA) is 66.5 Å². The van der Waals surface area contributed by atoms with Gasteiger partial charge in [-0.25, -0.2) is 9.69 Å². The zero-order chi connectivity index (χ0) is 15.0. The van der Waals surface area contributed by atoms with Gasteiger partial charge in [-0.2, -0.15) is 0 Å². The molecule has 1 aliphatic heterocycles. The van der Waals surface area contributed by atoms with E-state index in [0.29, 0.717) is 23.6 Å². The van der Waals surface area contributed by atoms with Crippen molar-refractivity contribution in [2.45, 2.75) is 32.1 Å². The Morgan fingerprint density at radius 3 is 2.48 bits per heavy atom. The monoisotopic (exact) mass is 306 g/mol. The molecule has 6 heteroatoms. The standard InChI is InChI=1S/C15H15ClN2O3/c16-10-5-4-6-11(9-10)18-13(20)15(7-2-1-3-8-15)12(19)17-14(18)21/h4-6,9H,1-3,7-8H2,(H,17,19,21). The van der Waals surface area contributed by atoms with Crippen LogP contribution in [0.4, 0.5) is 10.5 Å². The second kappa shape index (κ2) is 5.15. The molecule has 1 aromatic rings. The summed E-state index contributed by atoms with van der Waals surface area (Å²) in [5, 5.41) is 2.76. The highest BCUT2D eigenvalue weighted by Gasteiger charge is 2.54. The lowest BCUT2D eigenvalue weighted by molar-refractivity contribution is -0.144. The lowest BCUT2D eigenvalue weighted by Gasteiger charge is -2.41. The van der Waals surface area contributed by atoms with Crippen molar-refractivity contribution in [3.8, 4) is 0 Å². The Bertz CT molecular complexity index is 623. The second-order valence-electron chi connectivity index (χ2n) is 5.52. The molecule has 0 unspecified atom stereocenters. The highest BCUT2D eigenvalue weighted by Crippen LogP contribution is 2.41. The quantitative estimate of drug-likeness (QED) is 0.811. The van der Waals surface area contributed by atoms with Crippen LogP contribution in [0.2, 0.25) is 5.02 Å². The van der Waals surface area contributed by atoms with Crippen LogP contribution in [0.1, 0.15) is 32.1 Å². The minimum Gasteiger partial charge on any atom is -0.276 e. The smallest absolute Gasteiger partial charge is 0.276 e. The third-order valence-corrected chi connectivity index (χ3v) is 4.48. The lowest BCUT2D eigenvalue weighted by atomic mass is 9.71. The van der Waals surface area contributed by atoms with E-state index in [0.717, 1.165) is 24.2 Å². The van der Waals surface area contributed by atoms with Gasteiger partial charge in [-0.15, -0.1) is 0 Å². The van der Waals surface area contributed by atoms with Crippen LogP contribution in [0.25, 0.3) is 0 Å². The molecule has 4 amide bonds. The van der Waals surface area contributed by atoms with E-state index in [1.165, 1.54) is 0 Å². The molecule has 0 bridgehead atoms. The number of rotatable bonds is 1. The Labute approximate surface area is 127 Å². The van der Waals surface area contributed by atoms with E-state index in [9.17, 15) is 14.4 Å². The number of carbonyl (C=O) groups is 3. The first kappa shape index (κ1) is 14.1. The minimum absolute atomic E-state index is 0.391. The van der Waals surface area contributed by atoms with Crippen molar-refractivity contribution in [2.24, 2.45) is 5.41 Å². The van der Waals surface area contributed by atoms with Crippen LogP contribution >= 0.6 is 11.6 Å². The Morgan fingerprint density at radius 1 is 1.10 bits per heavy atom. The molecule has 1 saturated carbocycles. The number of urea groups is 1. The fourth-order valence-electron chi connectivity index (χ4n) is 3.12. The molecule has 2 aliphatic rings. The van der Waals surface area contributed by atoms with Crippen LogP contribution in [0.3, 0.4) is 0 Å². The van der Waals surface area contributed by atoms with Crippen LogP contribution in [-0.2, 0) is 9.59 Å². The van der Waals surface area contributed by atoms with Crippen LogP contribution in [0.5, 0.6) is 0 Å². The molecule has 1 N–H and O–H groups in total. The summed E-state index contributed by atoms with van der Waals surface area (Å²) in [5.41, 5.74) is -0.712. The first-order valence-corrected chi connectivity index (χ1v) is 7.38. The average molecular weight is 307 g/mol. The number of nitrogens with one attached hydrogen (secondary N) is 1. The third kappa shape index (κ3) is 2.21. The van der Waals surface area contributed by atoms with Gasteiger partial charge in [-0.3, -0.25) is 14.9 Å². The van der Waals surface area contributed by atoms with E-state index < -0.39 is 23.3 Å². The maximum atomic E-state index is 12.8. The highest BCUT2D eigenvalue weighted by atomic mass is 35.5. The van der Waals surface area contributed by atoms with Gasteiger partial charge in [0.15, 0.2) is 0 Å². The predicted octanol–water partition coefficient (Wildman–Crippen LogP) is 2.87. The van der Waals surface area contributed by atoms with Gasteiger partial charge < -0.3 is 0 Å². The second-order valence-corrected chi connectivity index (χ2v) is 5.96. The number of benzene rings is 1. The highest BCUT2D eigenvalue weighted by molar-refractivity contribution is 6.32. The largest absolute Gasteiger partial charge is 0.335 e. The summed E-state index contributed by atoms with van der Waals surface area (Å²) in [4.78, 5) is 38.2. The van der Waals surface area contributed by atoms with Crippen LogP contribution < -0.4 is 10.2 Å². The zero-order valence-electron chi connectivity index (χ0n) is 11.4. The van der Waals surface area contributed by atoms with E-state index in [1.54, 1.807) is 24.3 Å². The van der Waals surface area contributed by atoms with Gasteiger partial charge in [0.2, 0.25) is 5.91 Å². The summed E-state index contributed by atoms with van der Waals surface area (Å²) >= 11 is 5.93. The Hall–Kier alpha value is -1.88. The number of nitrogens with zero attached hydrogens (tertiary/aromatic N) is 1. The number of carbonyl (C=O) groups excluding carboxylic acids is 3. The summed E-state index contributed by atoms with van der Waals surface area (Å²) in [7, 11) is 0. The van der Waals surface area contributed by atoms with Crippen LogP contribution in [0, 0.1) is 5.41 Å². The van der Waals surface area contributed by atoms with Gasteiger partial charge in [0.05, 0.1) is 5.69 Å². The van der Waals surface area contributed by atoms with Gasteiger partial charge in [0, 0.05) is 5.02 Å². The summed E-state index contributed by atoms with van der Waals surface area (Å²) in [6.45, 7) is 0. The number of imide groups is 2. The Balaban J connectivity index is 2.02. The molecule has 1 heterocycles. The summed E-state index contributed by atoms with van der Waals surface area (Å²) in [5.74, 6) is -0.895. The summed E-state index contributed by atoms with van der Waals surface area (Å²) in [6, 6.07) is 5.81. The van der Waals surface area contributed by atoms with Gasteiger partial charge >= 0.3 is 6.03 Å². The molecule has 2 fully saturated rings.